The van der Waals surface area contributed by atoms with Crippen molar-refractivity contribution in [1.82, 2.24) is 5.32 Å². The molecular weight excluding hydrogens is 308 g/mol. The summed E-state index contributed by atoms with van der Waals surface area (Å²) in [6, 6.07) is 1.52. The zero-order valence-corrected chi connectivity index (χ0v) is 16.9. The summed E-state index contributed by atoms with van der Waals surface area (Å²) in [4.78, 5) is 0. The fraction of sp³-hybridized carbons (Fsp3) is 1.00. The second-order valence-corrected chi connectivity index (χ2v) is 9.40. The number of nitrogens with one attached hydrogen (secondary N) is 1. The molecule has 0 aliphatic rings. The van der Waals surface area contributed by atoms with E-state index in [2.05, 4.69) is 12.2 Å². The van der Waals surface area contributed by atoms with Gasteiger partial charge in [-0.1, -0.05) is 44.9 Å². The van der Waals surface area contributed by atoms with Crippen molar-refractivity contribution in [3.05, 3.63) is 0 Å². The molecule has 1 atom stereocenters. The van der Waals surface area contributed by atoms with Crippen molar-refractivity contribution in [3.8, 4) is 0 Å². The van der Waals surface area contributed by atoms with E-state index in [-0.39, 0.29) is 0 Å². The molecule has 0 saturated carbocycles. The van der Waals surface area contributed by atoms with E-state index >= 15 is 0 Å². The van der Waals surface area contributed by atoms with Crippen molar-refractivity contribution in [2.75, 3.05) is 34.4 Å². The number of unbranched alkanes of at least 4 members (excludes halogenated alkanes) is 7. The molecule has 0 aliphatic heterocycles. The number of hydrogen-bond donors (Lipinski definition) is 2. The maximum absolute atomic E-state index is 5.49. The average Bonchev–Trinajstić information content (AvgIpc) is 2.58. The highest BCUT2D eigenvalue weighted by Gasteiger charge is 2.36. The van der Waals surface area contributed by atoms with Gasteiger partial charge in [0, 0.05) is 46.5 Å². The first kappa shape index (κ1) is 23.0. The predicted octanol–water partition coefficient (Wildman–Crippen LogP) is 3.31. The summed E-state index contributed by atoms with van der Waals surface area (Å²) in [7, 11) is 2.72. The fourth-order valence-corrected chi connectivity index (χ4v) is 4.64. The van der Waals surface area contributed by atoms with E-state index in [9.17, 15) is 0 Å². The summed E-state index contributed by atoms with van der Waals surface area (Å²) >= 11 is 0. The lowest BCUT2D eigenvalue weighted by atomic mass is 10.1. The van der Waals surface area contributed by atoms with Crippen LogP contribution in [0.4, 0.5) is 0 Å². The van der Waals surface area contributed by atoms with Crippen LogP contribution in [0.3, 0.4) is 0 Å². The third kappa shape index (κ3) is 12.1. The van der Waals surface area contributed by atoms with Crippen molar-refractivity contribution in [3.63, 3.8) is 0 Å². The molecule has 0 aromatic rings. The average molecular weight is 349 g/mol. The van der Waals surface area contributed by atoms with Gasteiger partial charge in [0.25, 0.3) is 0 Å². The molecule has 0 spiro atoms. The highest BCUT2D eigenvalue weighted by molar-refractivity contribution is 6.60. The standard InChI is InChI=1S/C17H40N2O3Si/c1-17(19-15-14-18)13-11-9-7-5-6-8-10-12-16-23(20-2,21-3)22-4/h17,19H,5-16,18H2,1-4H3. The van der Waals surface area contributed by atoms with Crippen LogP contribution < -0.4 is 11.1 Å². The summed E-state index contributed by atoms with van der Waals surface area (Å²) in [6.45, 7) is 3.91. The molecular formula is C17H40N2O3Si. The minimum Gasteiger partial charge on any atom is -0.377 e. The summed E-state index contributed by atoms with van der Waals surface area (Å²) in [5.74, 6) is 0. The minimum atomic E-state index is -2.34. The van der Waals surface area contributed by atoms with Gasteiger partial charge >= 0.3 is 8.80 Å². The largest absolute Gasteiger partial charge is 0.500 e. The zero-order chi connectivity index (χ0) is 17.4. The highest BCUT2D eigenvalue weighted by Crippen LogP contribution is 2.18. The smallest absolute Gasteiger partial charge is 0.377 e. The van der Waals surface area contributed by atoms with Gasteiger partial charge in [0.05, 0.1) is 0 Å². The lowest BCUT2D eigenvalue weighted by molar-refractivity contribution is 0.122. The third-order valence-electron chi connectivity index (χ3n) is 4.44. The molecule has 0 heterocycles. The summed E-state index contributed by atoms with van der Waals surface area (Å²) < 4.78 is 16.3. The Morgan fingerprint density at radius 2 is 1.30 bits per heavy atom. The van der Waals surface area contributed by atoms with Crippen LogP contribution in [-0.2, 0) is 13.3 Å². The van der Waals surface area contributed by atoms with Crippen LogP contribution in [-0.4, -0.2) is 49.3 Å². The van der Waals surface area contributed by atoms with Gasteiger partial charge in [0.15, 0.2) is 0 Å². The molecule has 140 valence electrons. The van der Waals surface area contributed by atoms with E-state index in [1.54, 1.807) is 21.3 Å². The van der Waals surface area contributed by atoms with E-state index < -0.39 is 8.80 Å². The number of nitrogens with two attached hydrogens (primary N) is 1. The number of rotatable bonds is 17. The minimum absolute atomic E-state index is 0.602. The first-order valence-corrected chi connectivity index (χ1v) is 11.2. The van der Waals surface area contributed by atoms with Gasteiger partial charge in [-0.3, -0.25) is 0 Å². The molecule has 3 N–H and O–H groups in total. The molecule has 0 aromatic carbocycles. The van der Waals surface area contributed by atoms with Crippen LogP contribution in [0.5, 0.6) is 0 Å². The molecule has 0 saturated heterocycles. The van der Waals surface area contributed by atoms with E-state index in [4.69, 9.17) is 19.0 Å². The Labute approximate surface area is 145 Å². The predicted molar refractivity (Wildman–Crippen MR) is 99.7 cm³/mol. The van der Waals surface area contributed by atoms with Gasteiger partial charge in [-0.15, -0.1) is 0 Å². The quantitative estimate of drug-likeness (QED) is 0.312. The molecule has 0 aliphatic carbocycles. The molecule has 5 nitrogen and oxygen atoms in total. The summed E-state index contributed by atoms with van der Waals surface area (Å²) in [5.41, 5.74) is 5.49. The maximum Gasteiger partial charge on any atom is 0.500 e. The van der Waals surface area contributed by atoms with Crippen molar-refractivity contribution < 1.29 is 13.3 Å². The lowest BCUT2D eigenvalue weighted by Gasteiger charge is -2.24. The van der Waals surface area contributed by atoms with Gasteiger partial charge in [0.2, 0.25) is 0 Å². The second-order valence-electron chi connectivity index (χ2n) is 6.31. The molecule has 23 heavy (non-hydrogen) atoms. The third-order valence-corrected chi connectivity index (χ3v) is 7.27. The zero-order valence-electron chi connectivity index (χ0n) is 15.9. The van der Waals surface area contributed by atoms with Gasteiger partial charge in [-0.25, -0.2) is 0 Å². The summed E-state index contributed by atoms with van der Waals surface area (Å²) in [6.07, 6.45) is 11.7. The van der Waals surface area contributed by atoms with Gasteiger partial charge in [-0.2, -0.15) is 0 Å². The molecule has 0 rings (SSSR count). The molecule has 0 amide bonds. The van der Waals surface area contributed by atoms with Crippen molar-refractivity contribution in [2.24, 2.45) is 5.73 Å². The number of hydrogen-bond acceptors (Lipinski definition) is 5. The van der Waals surface area contributed by atoms with Crippen LogP contribution in [0.25, 0.3) is 0 Å². The Morgan fingerprint density at radius 1 is 0.826 bits per heavy atom. The van der Waals surface area contributed by atoms with Crippen molar-refractivity contribution >= 4 is 8.80 Å². The Hall–Kier alpha value is 0.0169. The van der Waals surface area contributed by atoms with Crippen molar-refractivity contribution in [1.29, 1.82) is 0 Å². The topological polar surface area (TPSA) is 65.7 Å². The van der Waals surface area contributed by atoms with Gasteiger partial charge in [-0.05, 0) is 19.8 Å². The highest BCUT2D eigenvalue weighted by atomic mass is 28.4. The fourth-order valence-electron chi connectivity index (χ4n) is 2.84. The Balaban J connectivity index is 3.37. The van der Waals surface area contributed by atoms with Crippen LogP contribution in [0.15, 0.2) is 0 Å². The molecule has 0 aromatic heterocycles. The lowest BCUT2D eigenvalue weighted by Crippen LogP contribution is -2.42. The Bertz CT molecular complexity index is 246. The second kappa shape index (κ2) is 15.5. The van der Waals surface area contributed by atoms with Crippen LogP contribution in [0.2, 0.25) is 6.04 Å². The monoisotopic (exact) mass is 348 g/mol. The van der Waals surface area contributed by atoms with Gasteiger partial charge in [0.1, 0.15) is 0 Å². The first-order chi connectivity index (χ1) is 11.1. The molecule has 1 unspecified atom stereocenters. The Morgan fingerprint density at radius 3 is 1.78 bits per heavy atom. The van der Waals surface area contributed by atoms with Gasteiger partial charge < -0.3 is 24.3 Å². The van der Waals surface area contributed by atoms with E-state index in [1.165, 1.54) is 51.4 Å². The van der Waals surface area contributed by atoms with Crippen molar-refractivity contribution in [2.45, 2.75) is 76.8 Å². The summed E-state index contributed by atoms with van der Waals surface area (Å²) in [5, 5.41) is 3.43. The Kier molecular flexibility index (Phi) is 15.6. The van der Waals surface area contributed by atoms with Crippen LogP contribution in [0.1, 0.15) is 64.7 Å². The first-order valence-electron chi connectivity index (χ1n) is 9.23. The maximum atomic E-state index is 5.49. The normalized spacial score (nSPS) is 13.4. The molecule has 0 fully saturated rings. The van der Waals surface area contributed by atoms with E-state index in [0.717, 1.165) is 25.6 Å². The van der Waals surface area contributed by atoms with Crippen LogP contribution >= 0.6 is 0 Å². The SMILES string of the molecule is CO[Si](CCCCCCCCCCC(C)NCCN)(OC)OC. The molecule has 0 radical (unpaired) electrons. The van der Waals surface area contributed by atoms with E-state index in [1.807, 2.05) is 0 Å². The molecule has 6 heteroatoms. The van der Waals surface area contributed by atoms with Crippen LogP contribution in [0, 0.1) is 0 Å². The molecule has 0 bridgehead atoms. The van der Waals surface area contributed by atoms with E-state index in [0.29, 0.717) is 6.04 Å².